The van der Waals surface area contributed by atoms with Gasteiger partial charge in [0.2, 0.25) is 0 Å². The molecule has 2 nitrogen and oxygen atoms in total. The average Bonchev–Trinajstić information content (AvgIpc) is 2.72. The van der Waals surface area contributed by atoms with Crippen molar-refractivity contribution in [1.82, 2.24) is 5.32 Å². The second kappa shape index (κ2) is 6.17. The third-order valence-corrected chi connectivity index (χ3v) is 2.57. The van der Waals surface area contributed by atoms with E-state index in [2.05, 4.69) is 37.8 Å². The Labute approximate surface area is 109 Å². The molecule has 0 saturated heterocycles. The first-order valence-electron chi connectivity index (χ1n) is 5.35. The van der Waals surface area contributed by atoms with E-state index in [1.54, 1.807) is 6.26 Å². The smallest absolute Gasteiger partial charge is 0.470 e. The van der Waals surface area contributed by atoms with Crippen molar-refractivity contribution in [3.05, 3.63) is 42.6 Å². The molecular weight excluding hydrogens is 287 g/mol. The Morgan fingerprint density at radius 2 is 2.19 bits per heavy atom. The number of benzene rings is 1. The predicted octanol–water partition coefficient (Wildman–Crippen LogP) is 3.31. The van der Waals surface area contributed by atoms with Gasteiger partial charge in [0.15, 0.2) is 0 Å². The van der Waals surface area contributed by atoms with Crippen molar-refractivity contribution in [3.63, 3.8) is 0 Å². The molecule has 1 heterocycles. The second-order valence-electron chi connectivity index (χ2n) is 3.73. The molecule has 0 spiro atoms. The fraction of sp³-hybridized carbons (Fsp3) is 0.308. The third kappa shape index (κ3) is 2.93. The molecule has 1 aromatic heterocycles. The zero-order valence-corrected chi connectivity index (χ0v) is 11.2. The number of nitrogens with one attached hydrogen (secondary N) is 1. The topological polar surface area (TPSA) is 25.2 Å². The molecule has 16 heavy (non-hydrogen) atoms. The van der Waals surface area contributed by atoms with E-state index in [4.69, 9.17) is 4.42 Å². The van der Waals surface area contributed by atoms with E-state index in [1.165, 1.54) is 10.9 Å². The van der Waals surface area contributed by atoms with Gasteiger partial charge in [0.05, 0.1) is 6.26 Å². The predicted molar refractivity (Wildman–Crippen MR) is 62.6 cm³/mol. The Morgan fingerprint density at radius 1 is 1.38 bits per heavy atom. The van der Waals surface area contributed by atoms with Crippen LogP contribution in [0, 0.1) is 6.54 Å². The van der Waals surface area contributed by atoms with Gasteiger partial charge in [-0.05, 0) is 18.7 Å². The first-order valence-corrected chi connectivity index (χ1v) is 5.35. The normalized spacial score (nSPS) is 12.4. The number of hydrogen-bond donors (Lipinski definition) is 1. The summed E-state index contributed by atoms with van der Waals surface area (Å²) in [6.07, 6.45) is 1.73. The van der Waals surface area contributed by atoms with E-state index in [9.17, 15) is 0 Å². The van der Waals surface area contributed by atoms with Gasteiger partial charge in [0.1, 0.15) is 5.58 Å². The first kappa shape index (κ1) is 13.4. The van der Waals surface area contributed by atoms with Crippen molar-refractivity contribution in [1.29, 1.82) is 0 Å². The molecule has 0 aliphatic rings. The van der Waals surface area contributed by atoms with Crippen LogP contribution in [0.3, 0.4) is 0 Å². The molecule has 3 heteroatoms. The quantitative estimate of drug-likeness (QED) is 0.692. The monoisotopic (exact) mass is 304 g/mol. The van der Waals surface area contributed by atoms with Crippen LogP contribution in [0.25, 0.3) is 11.0 Å². The maximum Gasteiger partial charge on any atom is 1.00 e. The number of likely N-dealkylation sites (N-methyl/N-ethyl adjacent to an activating group) is 1. The van der Waals surface area contributed by atoms with Gasteiger partial charge in [0, 0.05) is 5.39 Å². The fourth-order valence-corrected chi connectivity index (χ4v) is 1.66. The van der Waals surface area contributed by atoms with Crippen LogP contribution in [0.4, 0.5) is 0 Å². The van der Waals surface area contributed by atoms with Gasteiger partial charge < -0.3 is 9.73 Å². The van der Waals surface area contributed by atoms with E-state index < -0.39 is 0 Å². The molecule has 0 aliphatic heterocycles. The Hall–Kier alpha value is -0.657. The van der Waals surface area contributed by atoms with Crippen molar-refractivity contribution < 1.29 is 23.9 Å². The molecule has 87 valence electrons. The van der Waals surface area contributed by atoms with Crippen LogP contribution >= 0.6 is 0 Å². The van der Waals surface area contributed by atoms with Crippen LogP contribution in [-0.2, 0) is 19.5 Å². The van der Waals surface area contributed by atoms with Crippen molar-refractivity contribution in [2.75, 3.05) is 6.54 Å². The minimum absolute atomic E-state index is 0. The van der Waals surface area contributed by atoms with E-state index in [-0.39, 0.29) is 19.5 Å². The van der Waals surface area contributed by atoms with Crippen LogP contribution < -0.4 is 5.32 Å². The zero-order chi connectivity index (χ0) is 10.7. The number of furan rings is 1. The van der Waals surface area contributed by atoms with Gasteiger partial charge >= 0.3 is 19.5 Å². The van der Waals surface area contributed by atoms with E-state index in [1.807, 2.05) is 12.1 Å². The van der Waals surface area contributed by atoms with Crippen molar-refractivity contribution >= 4 is 11.0 Å². The van der Waals surface area contributed by atoms with Crippen molar-refractivity contribution in [3.8, 4) is 0 Å². The molecule has 0 fully saturated rings. The molecule has 2 aromatic rings. The summed E-state index contributed by atoms with van der Waals surface area (Å²) in [5.74, 6) is 0.421. The van der Waals surface area contributed by atoms with Crippen LogP contribution in [0.5, 0.6) is 0 Å². The minimum Gasteiger partial charge on any atom is -0.470 e. The zero-order valence-electron chi connectivity index (χ0n) is 9.51. The Bertz CT molecular complexity index is 438. The Balaban J connectivity index is 0.00000128. The fourth-order valence-electron chi connectivity index (χ4n) is 1.66. The molecule has 0 aliphatic carbocycles. The van der Waals surface area contributed by atoms with Crippen LogP contribution in [0.1, 0.15) is 25.3 Å². The first-order chi connectivity index (χ1) is 7.31. The molecule has 1 atom stereocenters. The molecule has 1 N–H and O–H groups in total. The van der Waals surface area contributed by atoms with Crippen LogP contribution in [0.15, 0.2) is 34.9 Å². The second-order valence-corrected chi connectivity index (χ2v) is 3.73. The summed E-state index contributed by atoms with van der Waals surface area (Å²) in [6.45, 7) is 7.38. The summed E-state index contributed by atoms with van der Waals surface area (Å²) in [4.78, 5) is 0. The van der Waals surface area contributed by atoms with Crippen molar-refractivity contribution in [2.45, 2.75) is 19.8 Å². The summed E-state index contributed by atoms with van der Waals surface area (Å²) in [6, 6.07) is 8.32. The number of fused-ring (bicyclic) bond motifs is 1. The van der Waals surface area contributed by atoms with Gasteiger partial charge in [0.25, 0.3) is 0 Å². The maximum absolute atomic E-state index is 5.31. The van der Waals surface area contributed by atoms with E-state index >= 15 is 0 Å². The van der Waals surface area contributed by atoms with Crippen LogP contribution in [-0.4, -0.2) is 6.54 Å². The molecule has 0 amide bonds. The van der Waals surface area contributed by atoms with E-state index in [0.717, 1.165) is 12.1 Å². The summed E-state index contributed by atoms with van der Waals surface area (Å²) in [7, 11) is 0. The van der Waals surface area contributed by atoms with Gasteiger partial charge in [-0.25, -0.2) is 0 Å². The van der Waals surface area contributed by atoms with Gasteiger partial charge in [-0.3, -0.25) is 6.54 Å². The summed E-state index contributed by atoms with van der Waals surface area (Å²) in [5.41, 5.74) is 2.26. The summed E-state index contributed by atoms with van der Waals surface area (Å²) in [5, 5.41) is 4.41. The maximum atomic E-state index is 5.31. The number of rotatable bonds is 4. The summed E-state index contributed by atoms with van der Waals surface area (Å²) >= 11 is 0. The molecule has 0 bridgehead atoms. The Morgan fingerprint density at radius 3 is 2.94 bits per heavy atom. The van der Waals surface area contributed by atoms with Gasteiger partial charge in [-0.15, -0.1) is 5.92 Å². The van der Waals surface area contributed by atoms with E-state index in [0.29, 0.717) is 5.92 Å². The molecule has 2 rings (SSSR count). The molecule has 0 saturated carbocycles. The van der Waals surface area contributed by atoms with Crippen molar-refractivity contribution in [2.24, 2.45) is 0 Å². The SMILES string of the molecule is CCN[CH-]C(C)c1ccc2occc2c1.[Ru+]. The largest absolute Gasteiger partial charge is 1.00 e. The average molecular weight is 303 g/mol. The van der Waals surface area contributed by atoms with Crippen LogP contribution in [0.2, 0.25) is 0 Å². The standard InChI is InChI=1S/C13H16NO.Ru/c1-3-14-9-10(2)11-4-5-13-12(8-11)6-7-15-13;/h4-10,14H,3H2,1-2H3;/q-1;+1. The van der Waals surface area contributed by atoms with Gasteiger partial charge in [-0.2, -0.15) is 0 Å². The molecule has 1 aromatic carbocycles. The minimum atomic E-state index is 0. The Kier molecular flexibility index (Phi) is 5.17. The molecule has 1 unspecified atom stereocenters. The molecular formula is C13H16NORu. The van der Waals surface area contributed by atoms with Gasteiger partial charge in [-0.1, -0.05) is 31.5 Å². The number of hydrogen-bond acceptors (Lipinski definition) is 2. The third-order valence-electron chi connectivity index (χ3n) is 2.57. The summed E-state index contributed by atoms with van der Waals surface area (Å²) < 4.78 is 5.31. The molecule has 1 radical (unpaired) electrons.